The maximum absolute atomic E-state index is 12.3. The van der Waals surface area contributed by atoms with E-state index in [0.717, 1.165) is 6.07 Å². The summed E-state index contributed by atoms with van der Waals surface area (Å²) in [5.74, 6) is -1.67. The number of carboxylic acids is 1. The van der Waals surface area contributed by atoms with E-state index in [0.29, 0.717) is 5.56 Å². The number of carboxylic acid groups (broad SMARTS) is 1. The maximum Gasteiger partial charge on any atom is 0.335 e. The van der Waals surface area contributed by atoms with Crippen molar-refractivity contribution in [1.29, 1.82) is 0 Å². The number of carbonyl (C=O) groups is 1. The van der Waals surface area contributed by atoms with Crippen molar-refractivity contribution in [3.05, 3.63) is 58.6 Å². The summed E-state index contributed by atoms with van der Waals surface area (Å²) >= 11 is 5.86. The van der Waals surface area contributed by atoms with Crippen LogP contribution in [0.1, 0.15) is 15.9 Å². The zero-order valence-electron chi connectivity index (χ0n) is 10.7. The van der Waals surface area contributed by atoms with Gasteiger partial charge in [0.2, 0.25) is 0 Å². The van der Waals surface area contributed by atoms with Crippen molar-refractivity contribution in [2.75, 3.05) is 0 Å². The Morgan fingerprint density at radius 2 is 1.86 bits per heavy atom. The number of hydrogen-bond acceptors (Lipinski definition) is 4. The average molecular weight is 327 g/mol. The zero-order chi connectivity index (χ0) is 15.6. The summed E-state index contributed by atoms with van der Waals surface area (Å²) in [6, 6.07) is 9.32. The Hall–Kier alpha value is -2.05. The molecule has 2 aromatic rings. The van der Waals surface area contributed by atoms with Gasteiger partial charge in [0.15, 0.2) is 9.84 Å². The van der Waals surface area contributed by atoms with Crippen LogP contribution in [0.25, 0.3) is 0 Å². The van der Waals surface area contributed by atoms with Crippen molar-refractivity contribution in [3.8, 4) is 5.75 Å². The first kappa shape index (κ1) is 15.3. The topological polar surface area (TPSA) is 91.7 Å². The number of halogens is 1. The minimum Gasteiger partial charge on any atom is -0.508 e. The van der Waals surface area contributed by atoms with Crippen LogP contribution in [0, 0.1) is 0 Å². The largest absolute Gasteiger partial charge is 0.508 e. The Kier molecular flexibility index (Phi) is 4.20. The van der Waals surface area contributed by atoms with Gasteiger partial charge >= 0.3 is 5.97 Å². The molecular weight excluding hydrogens is 316 g/mol. The minimum absolute atomic E-state index is 0.0415. The normalized spacial score (nSPS) is 11.3. The van der Waals surface area contributed by atoms with E-state index in [9.17, 15) is 18.3 Å². The second kappa shape index (κ2) is 5.75. The lowest BCUT2D eigenvalue weighted by Crippen LogP contribution is -2.07. The van der Waals surface area contributed by atoms with Crippen LogP contribution in [0.4, 0.5) is 0 Å². The van der Waals surface area contributed by atoms with Crippen molar-refractivity contribution in [2.24, 2.45) is 0 Å². The van der Waals surface area contributed by atoms with E-state index in [4.69, 9.17) is 16.7 Å². The van der Waals surface area contributed by atoms with Crippen molar-refractivity contribution in [2.45, 2.75) is 10.6 Å². The Morgan fingerprint density at radius 1 is 1.14 bits per heavy atom. The molecule has 0 saturated heterocycles. The molecule has 0 amide bonds. The smallest absolute Gasteiger partial charge is 0.335 e. The molecule has 0 aliphatic carbocycles. The minimum atomic E-state index is -3.82. The molecule has 110 valence electrons. The molecule has 0 unspecified atom stereocenters. The molecule has 21 heavy (non-hydrogen) atoms. The Balaban J connectivity index is 2.44. The van der Waals surface area contributed by atoms with Gasteiger partial charge in [0.05, 0.1) is 21.2 Å². The molecular formula is C14H11ClO5S. The highest BCUT2D eigenvalue weighted by Gasteiger charge is 2.21. The van der Waals surface area contributed by atoms with E-state index in [1.807, 2.05) is 0 Å². The molecule has 7 heteroatoms. The molecule has 0 fully saturated rings. The molecule has 5 nitrogen and oxygen atoms in total. The van der Waals surface area contributed by atoms with Crippen LogP contribution in [-0.4, -0.2) is 24.6 Å². The highest BCUT2D eigenvalue weighted by molar-refractivity contribution is 7.90. The molecule has 0 heterocycles. The van der Waals surface area contributed by atoms with Crippen molar-refractivity contribution >= 4 is 27.4 Å². The molecule has 0 bridgehead atoms. The van der Waals surface area contributed by atoms with Gasteiger partial charge in [-0.1, -0.05) is 23.7 Å². The summed E-state index contributed by atoms with van der Waals surface area (Å²) in [6.45, 7) is 0. The number of phenolic OH excluding ortho intramolecular Hbond substituents is 1. The fraction of sp³-hybridized carbons (Fsp3) is 0.0714. The highest BCUT2D eigenvalue weighted by Crippen LogP contribution is 2.26. The standard InChI is InChI=1S/C14H11ClO5S/c15-12-5-4-10(14(17)18)7-13(12)21(19,20)8-9-2-1-3-11(16)6-9/h1-7,16H,8H2,(H,17,18). The van der Waals surface area contributed by atoms with E-state index in [2.05, 4.69) is 0 Å². The van der Waals surface area contributed by atoms with E-state index in [-0.39, 0.29) is 27.0 Å². The van der Waals surface area contributed by atoms with Crippen LogP contribution in [0.15, 0.2) is 47.4 Å². The van der Waals surface area contributed by atoms with E-state index in [1.165, 1.54) is 30.3 Å². The van der Waals surface area contributed by atoms with Gasteiger partial charge in [-0.15, -0.1) is 0 Å². The lowest BCUT2D eigenvalue weighted by atomic mass is 10.2. The summed E-state index contributed by atoms with van der Waals surface area (Å²) in [7, 11) is -3.82. The first-order valence-electron chi connectivity index (χ1n) is 5.83. The third-order valence-corrected chi connectivity index (χ3v) is 4.94. The molecule has 0 radical (unpaired) electrons. The van der Waals surface area contributed by atoms with Gasteiger partial charge in [0, 0.05) is 0 Å². The van der Waals surface area contributed by atoms with Gasteiger partial charge < -0.3 is 10.2 Å². The molecule has 2 N–H and O–H groups in total. The highest BCUT2D eigenvalue weighted by atomic mass is 35.5. The number of aromatic carboxylic acids is 1. The summed E-state index contributed by atoms with van der Waals surface area (Å²) in [5.41, 5.74) is 0.223. The van der Waals surface area contributed by atoms with E-state index >= 15 is 0 Å². The lowest BCUT2D eigenvalue weighted by molar-refractivity contribution is 0.0696. The molecule has 2 rings (SSSR count). The summed E-state index contributed by atoms with van der Waals surface area (Å²) < 4.78 is 24.7. The predicted molar refractivity (Wildman–Crippen MR) is 77.4 cm³/mol. The van der Waals surface area contributed by atoms with Crippen LogP contribution in [0.3, 0.4) is 0 Å². The molecule has 0 aromatic heterocycles. The van der Waals surface area contributed by atoms with Crippen molar-refractivity contribution in [3.63, 3.8) is 0 Å². The quantitative estimate of drug-likeness (QED) is 0.901. The summed E-state index contributed by atoms with van der Waals surface area (Å²) in [6.07, 6.45) is 0. The molecule has 0 spiro atoms. The third kappa shape index (κ3) is 3.53. The molecule has 0 saturated carbocycles. The third-order valence-electron chi connectivity index (χ3n) is 2.78. The van der Waals surface area contributed by atoms with Crippen LogP contribution >= 0.6 is 11.6 Å². The Morgan fingerprint density at radius 3 is 2.48 bits per heavy atom. The number of rotatable bonds is 4. The van der Waals surface area contributed by atoms with Gasteiger partial charge in [-0.05, 0) is 35.9 Å². The SMILES string of the molecule is O=C(O)c1ccc(Cl)c(S(=O)(=O)Cc2cccc(O)c2)c1. The van der Waals surface area contributed by atoms with Crippen molar-refractivity contribution in [1.82, 2.24) is 0 Å². The first-order valence-corrected chi connectivity index (χ1v) is 7.86. The van der Waals surface area contributed by atoms with Gasteiger partial charge in [0.1, 0.15) is 5.75 Å². The van der Waals surface area contributed by atoms with Gasteiger partial charge in [-0.3, -0.25) is 0 Å². The van der Waals surface area contributed by atoms with Crippen LogP contribution in [0.2, 0.25) is 5.02 Å². The van der Waals surface area contributed by atoms with Crippen LogP contribution in [0.5, 0.6) is 5.75 Å². The molecule has 0 aliphatic rings. The lowest BCUT2D eigenvalue weighted by Gasteiger charge is -2.08. The average Bonchev–Trinajstić information content (AvgIpc) is 2.38. The number of hydrogen-bond donors (Lipinski definition) is 2. The second-order valence-electron chi connectivity index (χ2n) is 4.38. The molecule has 0 aliphatic heterocycles. The number of sulfone groups is 1. The summed E-state index contributed by atoms with van der Waals surface area (Å²) in [4.78, 5) is 10.7. The van der Waals surface area contributed by atoms with Gasteiger partial charge in [-0.2, -0.15) is 0 Å². The van der Waals surface area contributed by atoms with E-state index < -0.39 is 15.8 Å². The number of phenols is 1. The van der Waals surface area contributed by atoms with Gasteiger partial charge in [-0.25, -0.2) is 13.2 Å². The molecule has 2 aromatic carbocycles. The van der Waals surface area contributed by atoms with Crippen LogP contribution < -0.4 is 0 Å². The van der Waals surface area contributed by atoms with E-state index in [1.54, 1.807) is 6.07 Å². The fourth-order valence-corrected chi connectivity index (χ4v) is 3.73. The Labute approximate surface area is 126 Å². The summed E-state index contributed by atoms with van der Waals surface area (Å²) in [5, 5.41) is 18.2. The molecule has 0 atom stereocenters. The fourth-order valence-electron chi connectivity index (χ4n) is 1.82. The number of benzene rings is 2. The first-order chi connectivity index (χ1) is 9.79. The number of aromatic hydroxyl groups is 1. The predicted octanol–water partition coefficient (Wildman–Crippen LogP) is 2.72. The maximum atomic E-state index is 12.3. The second-order valence-corrected chi connectivity index (χ2v) is 6.74. The monoisotopic (exact) mass is 326 g/mol. The van der Waals surface area contributed by atoms with Gasteiger partial charge in [0.25, 0.3) is 0 Å². The Bertz CT molecular complexity index is 799. The van der Waals surface area contributed by atoms with Crippen LogP contribution in [-0.2, 0) is 15.6 Å². The zero-order valence-corrected chi connectivity index (χ0v) is 12.2. The van der Waals surface area contributed by atoms with Crippen molar-refractivity contribution < 1.29 is 23.4 Å².